The van der Waals surface area contributed by atoms with Crippen molar-refractivity contribution in [3.8, 4) is 0 Å². The second kappa shape index (κ2) is 9.93. The van der Waals surface area contributed by atoms with Crippen molar-refractivity contribution in [1.82, 2.24) is 0 Å². The van der Waals surface area contributed by atoms with E-state index in [9.17, 15) is 15.3 Å². The van der Waals surface area contributed by atoms with Crippen LogP contribution < -0.4 is 0 Å². The van der Waals surface area contributed by atoms with Crippen LogP contribution in [0.3, 0.4) is 0 Å². The Balaban J connectivity index is 1.65. The van der Waals surface area contributed by atoms with E-state index >= 15 is 0 Å². The average Bonchev–Trinajstić information content (AvgIpc) is 3.03. The van der Waals surface area contributed by atoms with Crippen LogP contribution in [0.25, 0.3) is 0 Å². The van der Waals surface area contributed by atoms with Crippen molar-refractivity contribution in [3.63, 3.8) is 0 Å². The molecule has 0 aromatic rings. The van der Waals surface area contributed by atoms with Gasteiger partial charge in [-0.2, -0.15) is 0 Å². The number of rotatable bonds is 7. The molecule has 0 amide bonds. The number of hydrogen-bond acceptors (Lipinski definition) is 3. The highest BCUT2D eigenvalue weighted by atomic mass is 16.3. The summed E-state index contributed by atoms with van der Waals surface area (Å²) in [5.74, 6) is 1.96. The molecule has 0 radical (unpaired) electrons. The number of aliphatic hydroxyl groups excluding tert-OH is 2. The lowest BCUT2D eigenvalue weighted by molar-refractivity contribution is 0.0106. The molecule has 3 rings (SSSR count). The minimum atomic E-state index is -0.801. The Morgan fingerprint density at radius 3 is 2.61 bits per heavy atom. The number of allylic oxidation sites excluding steroid dienone is 4. The van der Waals surface area contributed by atoms with Crippen LogP contribution in [0.1, 0.15) is 98.3 Å². The molecule has 3 aliphatic carbocycles. The van der Waals surface area contributed by atoms with Crippen LogP contribution >= 0.6 is 0 Å². The molecule has 31 heavy (non-hydrogen) atoms. The van der Waals surface area contributed by atoms with E-state index in [-0.39, 0.29) is 6.10 Å². The fourth-order valence-electron chi connectivity index (χ4n) is 6.94. The van der Waals surface area contributed by atoms with Crippen molar-refractivity contribution in [2.45, 2.75) is 116 Å². The van der Waals surface area contributed by atoms with Crippen LogP contribution in [0, 0.1) is 23.2 Å². The van der Waals surface area contributed by atoms with Gasteiger partial charge in [0.25, 0.3) is 0 Å². The van der Waals surface area contributed by atoms with E-state index in [1.807, 2.05) is 0 Å². The van der Waals surface area contributed by atoms with Gasteiger partial charge in [-0.25, -0.2) is 0 Å². The molecule has 0 aromatic heterocycles. The van der Waals surface area contributed by atoms with E-state index in [2.05, 4.69) is 32.6 Å². The molecule has 0 spiro atoms. The normalized spacial score (nSPS) is 36.6. The number of fused-ring (bicyclic) bond motifs is 1. The fourth-order valence-corrected chi connectivity index (χ4v) is 6.94. The van der Waals surface area contributed by atoms with E-state index in [0.717, 1.165) is 32.1 Å². The number of aliphatic hydroxyl groups is 3. The largest absolute Gasteiger partial charge is 0.393 e. The molecule has 6 atom stereocenters. The second-order valence-electron chi connectivity index (χ2n) is 11.8. The summed E-state index contributed by atoms with van der Waals surface area (Å²) < 4.78 is 0. The maximum Gasteiger partial charge on any atom is 0.0616 e. The molecule has 3 unspecified atom stereocenters. The van der Waals surface area contributed by atoms with Crippen molar-refractivity contribution < 1.29 is 15.3 Å². The summed E-state index contributed by atoms with van der Waals surface area (Å²) in [5, 5.41) is 30.4. The smallest absolute Gasteiger partial charge is 0.0616 e. The van der Waals surface area contributed by atoms with Gasteiger partial charge < -0.3 is 15.3 Å². The van der Waals surface area contributed by atoms with Gasteiger partial charge in [-0.15, -0.1) is 0 Å². The highest BCUT2D eigenvalue weighted by molar-refractivity contribution is 5.36. The lowest BCUT2D eigenvalue weighted by atomic mass is 9.60. The third-order valence-electron chi connectivity index (χ3n) is 8.60. The van der Waals surface area contributed by atoms with Gasteiger partial charge in [0.2, 0.25) is 0 Å². The van der Waals surface area contributed by atoms with Crippen LogP contribution in [0.4, 0.5) is 0 Å². The summed E-state index contributed by atoms with van der Waals surface area (Å²) in [6, 6.07) is 0. The van der Waals surface area contributed by atoms with Crippen molar-refractivity contribution in [1.29, 1.82) is 0 Å². The molecular formula is C28H46O3. The van der Waals surface area contributed by atoms with Crippen molar-refractivity contribution in [3.05, 3.63) is 35.5 Å². The molecule has 0 aliphatic heterocycles. The van der Waals surface area contributed by atoms with Crippen LogP contribution in [-0.4, -0.2) is 33.1 Å². The van der Waals surface area contributed by atoms with Gasteiger partial charge in [0.05, 0.1) is 17.8 Å². The minimum absolute atomic E-state index is 0.213. The molecule has 0 saturated heterocycles. The summed E-state index contributed by atoms with van der Waals surface area (Å²) in [6.45, 7) is 12.7. The summed E-state index contributed by atoms with van der Waals surface area (Å²) in [6.07, 6.45) is 15.1. The third kappa shape index (κ3) is 6.12. The first-order valence-corrected chi connectivity index (χ1v) is 12.7. The zero-order valence-corrected chi connectivity index (χ0v) is 20.4. The molecule has 3 heteroatoms. The fraction of sp³-hybridized carbons (Fsp3) is 0.786. The first kappa shape index (κ1) is 24.7. The monoisotopic (exact) mass is 430 g/mol. The molecule has 0 aromatic carbocycles. The summed E-state index contributed by atoms with van der Waals surface area (Å²) in [5.41, 5.74) is 3.59. The van der Waals surface area contributed by atoms with Crippen molar-refractivity contribution >= 4 is 0 Å². The summed E-state index contributed by atoms with van der Waals surface area (Å²) >= 11 is 0. The Hall–Kier alpha value is -0.900. The quantitative estimate of drug-likeness (QED) is 0.458. The summed E-state index contributed by atoms with van der Waals surface area (Å²) in [4.78, 5) is 0. The van der Waals surface area contributed by atoms with Crippen LogP contribution in [-0.2, 0) is 0 Å². The van der Waals surface area contributed by atoms with E-state index < -0.39 is 11.7 Å². The minimum Gasteiger partial charge on any atom is -0.393 e. The molecule has 3 N–H and O–H groups in total. The topological polar surface area (TPSA) is 60.7 Å². The Kier molecular flexibility index (Phi) is 7.92. The molecule has 0 bridgehead atoms. The predicted octanol–water partition coefficient (Wildman–Crippen LogP) is 6.09. The van der Waals surface area contributed by atoms with E-state index in [1.54, 1.807) is 19.4 Å². The van der Waals surface area contributed by atoms with Gasteiger partial charge in [0.15, 0.2) is 0 Å². The SMILES string of the molecule is C=C1CC[C@H](O)CC1=CC=C1CCCC2(C)C1CC[C@@H]2[C@H](C)CCC(O)CC(C)(C)O. The van der Waals surface area contributed by atoms with Gasteiger partial charge in [-0.1, -0.05) is 43.7 Å². The summed E-state index contributed by atoms with van der Waals surface area (Å²) in [7, 11) is 0. The highest BCUT2D eigenvalue weighted by Gasteiger charge is 2.50. The van der Waals surface area contributed by atoms with Crippen LogP contribution in [0.5, 0.6) is 0 Å². The first-order chi connectivity index (χ1) is 14.5. The molecule has 176 valence electrons. The lowest BCUT2D eigenvalue weighted by Crippen LogP contribution is -2.36. The maximum atomic E-state index is 10.3. The molecule has 3 nitrogen and oxygen atoms in total. The average molecular weight is 431 g/mol. The molecule has 3 saturated carbocycles. The molecule has 0 heterocycles. The van der Waals surface area contributed by atoms with Crippen molar-refractivity contribution in [2.24, 2.45) is 23.2 Å². The zero-order valence-electron chi connectivity index (χ0n) is 20.4. The van der Waals surface area contributed by atoms with Crippen LogP contribution in [0.15, 0.2) is 35.5 Å². The Bertz CT molecular complexity index is 698. The van der Waals surface area contributed by atoms with Gasteiger partial charge in [0.1, 0.15) is 0 Å². The Labute approximate surface area is 190 Å². The van der Waals surface area contributed by atoms with Crippen LogP contribution in [0.2, 0.25) is 0 Å². The predicted molar refractivity (Wildman–Crippen MR) is 129 cm³/mol. The Morgan fingerprint density at radius 1 is 1.16 bits per heavy atom. The second-order valence-corrected chi connectivity index (χ2v) is 11.8. The third-order valence-corrected chi connectivity index (χ3v) is 8.60. The lowest BCUT2D eigenvalue weighted by Gasteiger charge is -2.44. The zero-order chi connectivity index (χ0) is 22.8. The first-order valence-electron chi connectivity index (χ1n) is 12.7. The van der Waals surface area contributed by atoms with Crippen molar-refractivity contribution in [2.75, 3.05) is 0 Å². The van der Waals surface area contributed by atoms with Gasteiger partial charge >= 0.3 is 0 Å². The van der Waals surface area contributed by atoms with E-state index in [0.29, 0.717) is 29.6 Å². The molecule has 3 fully saturated rings. The standard InChI is InChI=1S/C28H46O3/c1-19-8-12-23(29)17-22(19)11-10-21-7-6-16-28(5)25(14-15-26(21)28)20(2)9-13-24(30)18-27(3,4)31/h10-11,20,23-26,29-31H,1,6-9,12-18H2,2-5H3/t20-,23+,24?,25-,26?,28?/m1/s1. The van der Waals surface area contributed by atoms with Gasteiger partial charge in [-0.05, 0) is 107 Å². The highest BCUT2D eigenvalue weighted by Crippen LogP contribution is 2.60. The van der Waals surface area contributed by atoms with E-state index in [4.69, 9.17) is 0 Å². The van der Waals surface area contributed by atoms with Gasteiger partial charge in [-0.3, -0.25) is 0 Å². The number of hydrogen-bond donors (Lipinski definition) is 3. The maximum absolute atomic E-state index is 10.3. The molecular weight excluding hydrogens is 384 g/mol. The Morgan fingerprint density at radius 2 is 1.90 bits per heavy atom. The van der Waals surface area contributed by atoms with E-state index in [1.165, 1.54) is 43.3 Å². The van der Waals surface area contributed by atoms with Gasteiger partial charge in [0, 0.05) is 6.42 Å². The molecule has 3 aliphatic rings.